The van der Waals surface area contributed by atoms with Crippen LogP contribution in [0.1, 0.15) is 21.5 Å². The van der Waals surface area contributed by atoms with Gasteiger partial charge in [-0.2, -0.15) is 0 Å². The van der Waals surface area contributed by atoms with Crippen LogP contribution in [0, 0.1) is 6.92 Å². The minimum Gasteiger partial charge on any atom is -0.493 e. The molecule has 0 bridgehead atoms. The number of benzene rings is 1. The van der Waals surface area contributed by atoms with Gasteiger partial charge >= 0.3 is 0 Å². The second kappa shape index (κ2) is 7.93. The molecule has 0 saturated carbocycles. The lowest BCUT2D eigenvalue weighted by atomic mass is 9.97. The highest BCUT2D eigenvalue weighted by molar-refractivity contribution is 9.10. The highest BCUT2D eigenvalue weighted by Gasteiger charge is 2.29. The zero-order valence-corrected chi connectivity index (χ0v) is 16.7. The van der Waals surface area contributed by atoms with Crippen molar-refractivity contribution in [3.05, 3.63) is 38.4 Å². The molecule has 0 saturated heterocycles. The predicted molar refractivity (Wildman–Crippen MR) is 97.8 cm³/mol. The molecule has 0 aliphatic heterocycles. The predicted octanol–water partition coefficient (Wildman–Crippen LogP) is 4.07. The third kappa shape index (κ3) is 3.39. The summed E-state index contributed by atoms with van der Waals surface area (Å²) in [5.41, 5.74) is 1.15. The minimum absolute atomic E-state index is 0.150. The molecule has 0 N–H and O–H groups in total. The van der Waals surface area contributed by atoms with Crippen LogP contribution in [0.4, 0.5) is 0 Å². The van der Waals surface area contributed by atoms with Crippen LogP contribution >= 0.6 is 27.5 Å². The Morgan fingerprint density at radius 2 is 1.68 bits per heavy atom. The first kappa shape index (κ1) is 19.3. The van der Waals surface area contributed by atoms with Gasteiger partial charge in [0.15, 0.2) is 11.5 Å². The van der Waals surface area contributed by atoms with E-state index in [2.05, 4.69) is 20.9 Å². The van der Waals surface area contributed by atoms with Gasteiger partial charge < -0.3 is 18.9 Å². The molecular weight excluding hydrogens is 414 g/mol. The molecule has 0 unspecified atom stereocenters. The van der Waals surface area contributed by atoms with Gasteiger partial charge in [0, 0.05) is 0 Å². The van der Waals surface area contributed by atoms with Crippen molar-refractivity contribution >= 4 is 33.3 Å². The minimum atomic E-state index is -0.367. The van der Waals surface area contributed by atoms with Gasteiger partial charge in [0.25, 0.3) is 0 Å². The summed E-state index contributed by atoms with van der Waals surface area (Å²) in [6, 6.07) is 1.70. The molecule has 25 heavy (non-hydrogen) atoms. The van der Waals surface area contributed by atoms with Gasteiger partial charge in [-0.3, -0.25) is 4.79 Å². The Balaban J connectivity index is 2.79. The molecule has 1 aromatic carbocycles. The molecule has 134 valence electrons. The number of ketones is 1. The van der Waals surface area contributed by atoms with Crippen LogP contribution in [0.15, 0.2) is 16.7 Å². The number of rotatable bonds is 6. The zero-order valence-electron chi connectivity index (χ0n) is 14.4. The Labute approximate surface area is 159 Å². The number of carbonyl (C=O) groups excluding carboxylic acids is 1. The third-order valence-corrected chi connectivity index (χ3v) is 4.95. The van der Waals surface area contributed by atoms with Crippen LogP contribution in [0.5, 0.6) is 23.1 Å². The maximum Gasteiger partial charge on any atom is 0.225 e. The van der Waals surface area contributed by atoms with Gasteiger partial charge in [-0.25, -0.2) is 4.98 Å². The van der Waals surface area contributed by atoms with Crippen molar-refractivity contribution in [1.29, 1.82) is 0 Å². The summed E-state index contributed by atoms with van der Waals surface area (Å²) in [6.07, 6.45) is 1.40. The fourth-order valence-corrected chi connectivity index (χ4v) is 3.08. The van der Waals surface area contributed by atoms with Crippen molar-refractivity contribution in [3.8, 4) is 23.1 Å². The molecular formula is C17H17BrClNO5. The van der Waals surface area contributed by atoms with E-state index in [9.17, 15) is 4.79 Å². The number of halogens is 2. The van der Waals surface area contributed by atoms with Gasteiger partial charge in [-0.1, -0.05) is 11.6 Å². The lowest BCUT2D eigenvalue weighted by Crippen LogP contribution is -2.11. The van der Waals surface area contributed by atoms with E-state index in [4.69, 9.17) is 30.5 Å². The van der Waals surface area contributed by atoms with Crippen LogP contribution in [-0.2, 0) is 0 Å². The third-order valence-electron chi connectivity index (χ3n) is 3.61. The highest BCUT2D eigenvalue weighted by Crippen LogP contribution is 2.44. The second-order valence-electron chi connectivity index (χ2n) is 4.97. The fraction of sp³-hybridized carbons (Fsp3) is 0.294. The van der Waals surface area contributed by atoms with Crippen molar-refractivity contribution in [1.82, 2.24) is 4.98 Å². The Morgan fingerprint density at radius 1 is 1.04 bits per heavy atom. The van der Waals surface area contributed by atoms with Gasteiger partial charge in [-0.15, -0.1) is 0 Å². The van der Waals surface area contributed by atoms with E-state index in [-0.39, 0.29) is 23.0 Å². The molecule has 6 nitrogen and oxygen atoms in total. The van der Waals surface area contributed by atoms with Crippen molar-refractivity contribution in [3.63, 3.8) is 0 Å². The molecule has 0 radical (unpaired) electrons. The van der Waals surface area contributed by atoms with Crippen LogP contribution in [-0.4, -0.2) is 39.2 Å². The summed E-state index contributed by atoms with van der Waals surface area (Å²) < 4.78 is 21.7. The van der Waals surface area contributed by atoms with Crippen LogP contribution in [0.2, 0.25) is 5.02 Å². The number of methoxy groups -OCH3 is 4. The molecule has 0 amide bonds. The maximum atomic E-state index is 13.3. The van der Waals surface area contributed by atoms with Gasteiger partial charge in [0.2, 0.25) is 17.4 Å². The normalized spacial score (nSPS) is 10.4. The van der Waals surface area contributed by atoms with Crippen LogP contribution in [0.25, 0.3) is 0 Å². The first-order valence-electron chi connectivity index (χ1n) is 7.13. The van der Waals surface area contributed by atoms with Crippen molar-refractivity contribution in [2.75, 3.05) is 28.4 Å². The molecule has 0 spiro atoms. The molecule has 2 aromatic rings. The maximum absolute atomic E-state index is 13.3. The number of pyridine rings is 1. The van der Waals surface area contributed by atoms with E-state index >= 15 is 0 Å². The first-order chi connectivity index (χ1) is 11.9. The summed E-state index contributed by atoms with van der Waals surface area (Å²) in [6.45, 7) is 1.77. The van der Waals surface area contributed by atoms with Crippen molar-refractivity contribution in [2.45, 2.75) is 6.92 Å². The lowest BCUT2D eigenvalue weighted by molar-refractivity contribution is 0.103. The van der Waals surface area contributed by atoms with E-state index in [0.29, 0.717) is 32.1 Å². The van der Waals surface area contributed by atoms with Gasteiger partial charge in [0.05, 0.1) is 49.7 Å². The largest absolute Gasteiger partial charge is 0.493 e. The topological polar surface area (TPSA) is 66.9 Å². The number of aromatic nitrogens is 1. The van der Waals surface area contributed by atoms with E-state index in [0.717, 1.165) is 0 Å². The quantitative estimate of drug-likeness (QED) is 0.644. The van der Waals surface area contributed by atoms with Gasteiger partial charge in [-0.05, 0) is 34.5 Å². The molecule has 2 rings (SSSR count). The Kier molecular flexibility index (Phi) is 6.13. The summed E-state index contributed by atoms with van der Waals surface area (Å²) in [4.78, 5) is 17.3. The van der Waals surface area contributed by atoms with Gasteiger partial charge in [0.1, 0.15) is 5.56 Å². The summed E-state index contributed by atoms with van der Waals surface area (Å²) in [5.74, 6) is 0.831. The Morgan fingerprint density at radius 3 is 2.20 bits per heavy atom. The molecule has 1 heterocycles. The first-order valence-corrected chi connectivity index (χ1v) is 8.30. The zero-order chi connectivity index (χ0) is 18.7. The molecule has 0 aliphatic rings. The number of carbonyl (C=O) groups is 1. The number of hydrogen-bond acceptors (Lipinski definition) is 6. The number of aryl methyl sites for hydroxylation is 1. The lowest BCUT2D eigenvalue weighted by Gasteiger charge is -2.18. The average molecular weight is 431 g/mol. The number of nitrogens with zero attached hydrogens (tertiary/aromatic N) is 1. The summed E-state index contributed by atoms with van der Waals surface area (Å²) in [7, 11) is 5.87. The Bertz CT molecular complexity index is 825. The molecule has 8 heteroatoms. The number of hydrogen-bond donors (Lipinski definition) is 0. The molecule has 0 atom stereocenters. The van der Waals surface area contributed by atoms with E-state index in [1.54, 1.807) is 13.0 Å². The Hall–Kier alpha value is -1.99. The van der Waals surface area contributed by atoms with E-state index in [1.165, 1.54) is 34.6 Å². The second-order valence-corrected chi connectivity index (χ2v) is 6.17. The standard InChI is InChI=1S/C17H17BrClNO5/c1-8-6-10(22-2)15(23-3)16(24-4)11(8)14(21)12-13(18)9(19)7-20-17(12)25-5/h6-7H,1-5H3. The highest BCUT2D eigenvalue weighted by atomic mass is 79.9. The van der Waals surface area contributed by atoms with Crippen LogP contribution in [0.3, 0.4) is 0 Å². The average Bonchev–Trinajstić information content (AvgIpc) is 2.61. The SMILES string of the molecule is COc1cc(C)c(C(=O)c2c(OC)ncc(Cl)c2Br)c(OC)c1OC. The van der Waals surface area contributed by atoms with Crippen molar-refractivity contribution in [2.24, 2.45) is 0 Å². The smallest absolute Gasteiger partial charge is 0.225 e. The fourth-order valence-electron chi connectivity index (χ4n) is 2.49. The molecule has 0 fully saturated rings. The summed E-state index contributed by atoms with van der Waals surface area (Å²) >= 11 is 9.44. The summed E-state index contributed by atoms with van der Waals surface area (Å²) in [5, 5.41) is 0.293. The van der Waals surface area contributed by atoms with Crippen LogP contribution < -0.4 is 18.9 Å². The van der Waals surface area contributed by atoms with Crippen molar-refractivity contribution < 1.29 is 23.7 Å². The molecule has 0 aliphatic carbocycles. The number of ether oxygens (including phenoxy) is 4. The van der Waals surface area contributed by atoms with E-state index in [1.807, 2.05) is 0 Å². The monoisotopic (exact) mass is 429 g/mol. The van der Waals surface area contributed by atoms with E-state index < -0.39 is 0 Å². The molecule has 1 aromatic heterocycles.